The van der Waals surface area contributed by atoms with Crippen LogP contribution in [-0.4, -0.2) is 56.2 Å². The number of carbonyl (C=O) groups excluding carboxylic acids is 2. The second-order valence-corrected chi connectivity index (χ2v) is 8.93. The third kappa shape index (κ3) is 5.16. The van der Waals surface area contributed by atoms with Crippen LogP contribution in [0.25, 0.3) is 5.76 Å². The van der Waals surface area contributed by atoms with Crippen molar-refractivity contribution >= 4 is 17.4 Å². The molecule has 0 radical (unpaired) electrons. The number of ketones is 1. The minimum Gasteiger partial charge on any atom is -0.507 e. The van der Waals surface area contributed by atoms with Crippen LogP contribution in [0, 0.1) is 13.8 Å². The second-order valence-electron chi connectivity index (χ2n) is 8.93. The Morgan fingerprint density at radius 1 is 0.816 bits per heavy atom. The van der Waals surface area contributed by atoms with Gasteiger partial charge in [0.15, 0.2) is 0 Å². The minimum absolute atomic E-state index is 0.0253. The molecule has 1 saturated heterocycles. The van der Waals surface area contributed by atoms with Crippen LogP contribution in [0.2, 0.25) is 0 Å². The minimum atomic E-state index is -0.804. The standard InChI is InChI=1S/C30H31NO7/c1-18-17-25(37-5)19(2)16-24(18)28(32)26-27(20-6-8-21(35-3)9-7-20)31(30(34)29(26)33)14-15-38-23-12-10-22(36-4)11-13-23/h6-13,16-17,27,32H,14-15H2,1-5H3/b28-26+. The molecule has 0 saturated carbocycles. The smallest absolute Gasteiger partial charge is 0.295 e. The molecular formula is C30H31NO7. The molecule has 1 aliphatic heterocycles. The number of aliphatic hydroxyl groups is 1. The van der Waals surface area contributed by atoms with Crippen LogP contribution in [0.4, 0.5) is 0 Å². The first-order valence-electron chi connectivity index (χ1n) is 12.1. The summed E-state index contributed by atoms with van der Waals surface area (Å²) in [5, 5.41) is 11.5. The fraction of sp³-hybridized carbons (Fsp3) is 0.267. The summed E-state index contributed by atoms with van der Waals surface area (Å²) in [7, 11) is 4.72. The monoisotopic (exact) mass is 517 g/mol. The molecule has 8 heteroatoms. The number of methoxy groups -OCH3 is 3. The van der Waals surface area contributed by atoms with Gasteiger partial charge < -0.3 is 29.0 Å². The Balaban J connectivity index is 1.72. The Hall–Kier alpha value is -4.46. The highest BCUT2D eigenvalue weighted by Crippen LogP contribution is 2.41. The highest BCUT2D eigenvalue weighted by Gasteiger charge is 2.46. The lowest BCUT2D eigenvalue weighted by atomic mass is 9.93. The topological polar surface area (TPSA) is 94.5 Å². The number of likely N-dealkylation sites (tertiary alicyclic amines) is 1. The Morgan fingerprint density at radius 3 is 1.97 bits per heavy atom. The van der Waals surface area contributed by atoms with Crippen LogP contribution >= 0.6 is 0 Å². The summed E-state index contributed by atoms with van der Waals surface area (Å²) in [5.74, 6) is 0.927. The number of hydrogen-bond acceptors (Lipinski definition) is 7. The van der Waals surface area contributed by atoms with Crippen LogP contribution in [0.3, 0.4) is 0 Å². The molecule has 38 heavy (non-hydrogen) atoms. The molecule has 1 fully saturated rings. The first-order chi connectivity index (χ1) is 18.3. The van der Waals surface area contributed by atoms with Crippen LogP contribution in [0.15, 0.2) is 66.2 Å². The maximum absolute atomic E-state index is 13.3. The van der Waals surface area contributed by atoms with Crippen molar-refractivity contribution in [3.05, 3.63) is 88.5 Å². The van der Waals surface area contributed by atoms with Gasteiger partial charge in [-0.25, -0.2) is 0 Å². The van der Waals surface area contributed by atoms with Gasteiger partial charge in [0.1, 0.15) is 35.4 Å². The molecule has 0 spiro atoms. The van der Waals surface area contributed by atoms with Crippen molar-refractivity contribution in [2.75, 3.05) is 34.5 Å². The first kappa shape index (κ1) is 26.6. The summed E-state index contributed by atoms with van der Waals surface area (Å²) in [5.41, 5.74) is 2.67. The van der Waals surface area contributed by atoms with Gasteiger partial charge in [-0.3, -0.25) is 9.59 Å². The summed E-state index contributed by atoms with van der Waals surface area (Å²) in [4.78, 5) is 28.0. The van der Waals surface area contributed by atoms with Crippen LogP contribution in [-0.2, 0) is 9.59 Å². The molecule has 3 aromatic carbocycles. The van der Waals surface area contributed by atoms with E-state index in [2.05, 4.69) is 0 Å². The zero-order valence-corrected chi connectivity index (χ0v) is 22.1. The van der Waals surface area contributed by atoms with Crippen LogP contribution in [0.1, 0.15) is 28.3 Å². The number of rotatable bonds is 9. The van der Waals surface area contributed by atoms with Gasteiger partial charge in [-0.2, -0.15) is 0 Å². The van der Waals surface area contributed by atoms with E-state index in [0.717, 1.165) is 5.56 Å². The van der Waals surface area contributed by atoms with Gasteiger partial charge in [-0.15, -0.1) is 0 Å². The van der Waals surface area contributed by atoms with Gasteiger partial charge >= 0.3 is 0 Å². The summed E-state index contributed by atoms with van der Waals surface area (Å²) >= 11 is 0. The summed E-state index contributed by atoms with van der Waals surface area (Å²) in [6.07, 6.45) is 0. The number of amides is 1. The lowest BCUT2D eigenvalue weighted by Gasteiger charge is -2.25. The van der Waals surface area contributed by atoms with E-state index in [1.54, 1.807) is 82.0 Å². The highest BCUT2D eigenvalue weighted by molar-refractivity contribution is 6.46. The van der Waals surface area contributed by atoms with Gasteiger partial charge in [0.25, 0.3) is 11.7 Å². The number of hydrogen-bond donors (Lipinski definition) is 1. The Bertz CT molecular complexity index is 1360. The van der Waals surface area contributed by atoms with Crippen molar-refractivity contribution in [3.8, 4) is 23.0 Å². The third-order valence-corrected chi connectivity index (χ3v) is 6.63. The average molecular weight is 518 g/mol. The second kappa shape index (κ2) is 11.3. The molecule has 1 unspecified atom stereocenters. The van der Waals surface area contributed by atoms with Crippen molar-refractivity contribution in [1.82, 2.24) is 4.90 Å². The molecular weight excluding hydrogens is 486 g/mol. The van der Waals surface area contributed by atoms with E-state index in [1.807, 2.05) is 13.8 Å². The largest absolute Gasteiger partial charge is 0.507 e. The summed E-state index contributed by atoms with van der Waals surface area (Å²) in [6.45, 7) is 3.95. The van der Waals surface area contributed by atoms with Gasteiger partial charge in [0, 0.05) is 5.56 Å². The lowest BCUT2D eigenvalue weighted by Crippen LogP contribution is -2.33. The highest BCUT2D eigenvalue weighted by atomic mass is 16.5. The number of aliphatic hydroxyl groups excluding tert-OH is 1. The molecule has 0 aliphatic carbocycles. The molecule has 8 nitrogen and oxygen atoms in total. The van der Waals surface area contributed by atoms with Crippen molar-refractivity contribution in [2.24, 2.45) is 0 Å². The van der Waals surface area contributed by atoms with E-state index in [-0.39, 0.29) is 24.5 Å². The maximum atomic E-state index is 13.3. The van der Waals surface area contributed by atoms with Crippen LogP contribution < -0.4 is 18.9 Å². The van der Waals surface area contributed by atoms with Gasteiger partial charge in [-0.05, 0) is 79.1 Å². The van der Waals surface area contributed by atoms with E-state index in [4.69, 9.17) is 18.9 Å². The van der Waals surface area contributed by atoms with Gasteiger partial charge in [0.05, 0.1) is 39.5 Å². The maximum Gasteiger partial charge on any atom is 0.295 e. The third-order valence-electron chi connectivity index (χ3n) is 6.63. The van der Waals surface area contributed by atoms with Crippen molar-refractivity contribution < 1.29 is 33.6 Å². The number of benzene rings is 3. The van der Waals surface area contributed by atoms with E-state index >= 15 is 0 Å². The number of ether oxygens (including phenoxy) is 4. The predicted molar refractivity (Wildman–Crippen MR) is 143 cm³/mol. The molecule has 1 amide bonds. The van der Waals surface area contributed by atoms with E-state index < -0.39 is 17.7 Å². The quantitative estimate of drug-likeness (QED) is 0.247. The van der Waals surface area contributed by atoms with E-state index in [9.17, 15) is 14.7 Å². The fourth-order valence-electron chi connectivity index (χ4n) is 4.59. The molecule has 1 atom stereocenters. The molecule has 0 bridgehead atoms. The Kier molecular flexibility index (Phi) is 7.90. The van der Waals surface area contributed by atoms with Gasteiger partial charge in [-0.1, -0.05) is 12.1 Å². The number of carbonyl (C=O) groups is 2. The molecule has 1 heterocycles. The zero-order chi connectivity index (χ0) is 27.4. The Labute approximate surface area is 222 Å². The molecule has 0 aromatic heterocycles. The van der Waals surface area contributed by atoms with Crippen LogP contribution in [0.5, 0.6) is 23.0 Å². The molecule has 3 aromatic rings. The fourth-order valence-corrected chi connectivity index (χ4v) is 4.59. The van der Waals surface area contributed by atoms with E-state index in [0.29, 0.717) is 39.7 Å². The summed E-state index contributed by atoms with van der Waals surface area (Å²) < 4.78 is 21.7. The number of nitrogens with zero attached hydrogens (tertiary/aromatic N) is 1. The van der Waals surface area contributed by atoms with Crippen molar-refractivity contribution in [3.63, 3.8) is 0 Å². The van der Waals surface area contributed by atoms with E-state index in [1.165, 1.54) is 4.90 Å². The van der Waals surface area contributed by atoms with Crippen molar-refractivity contribution in [2.45, 2.75) is 19.9 Å². The number of Topliss-reactive ketones (excluding diaryl/α,β-unsaturated/α-hetero) is 1. The Morgan fingerprint density at radius 2 is 1.39 bits per heavy atom. The summed E-state index contributed by atoms with van der Waals surface area (Å²) in [6, 6.07) is 16.9. The molecule has 4 rings (SSSR count). The molecule has 1 aliphatic rings. The first-order valence-corrected chi connectivity index (χ1v) is 12.1. The average Bonchev–Trinajstić information content (AvgIpc) is 3.19. The van der Waals surface area contributed by atoms with Crippen molar-refractivity contribution in [1.29, 1.82) is 0 Å². The van der Waals surface area contributed by atoms with Gasteiger partial charge in [0.2, 0.25) is 0 Å². The lowest BCUT2D eigenvalue weighted by molar-refractivity contribution is -0.140. The predicted octanol–water partition coefficient (Wildman–Crippen LogP) is 4.83. The normalized spacial score (nSPS) is 16.4. The molecule has 198 valence electrons. The number of aryl methyl sites for hydroxylation is 2. The zero-order valence-electron chi connectivity index (χ0n) is 22.1. The molecule has 1 N–H and O–H groups in total. The SMILES string of the molecule is COc1ccc(OCCN2C(=O)C(=O)/C(=C(/O)c3cc(C)c(OC)cc3C)C2c2ccc(OC)cc2)cc1.